The molecule has 4 amide bonds. The molecule has 8 nitrogen and oxygen atoms in total. The van der Waals surface area contributed by atoms with Crippen molar-refractivity contribution in [2.75, 3.05) is 25.0 Å². The van der Waals surface area contributed by atoms with Gasteiger partial charge in [0.15, 0.2) is 6.10 Å². The molecule has 2 aliphatic heterocycles. The van der Waals surface area contributed by atoms with E-state index in [9.17, 15) is 19.2 Å². The number of nitrogens with one attached hydrogen (secondary N) is 1. The Morgan fingerprint density at radius 3 is 2.29 bits per heavy atom. The zero-order chi connectivity index (χ0) is 19.8. The van der Waals surface area contributed by atoms with Crippen molar-refractivity contribution in [3.8, 4) is 5.75 Å². The van der Waals surface area contributed by atoms with Crippen LogP contribution in [0.25, 0.3) is 0 Å². The van der Waals surface area contributed by atoms with E-state index in [4.69, 9.17) is 4.74 Å². The van der Waals surface area contributed by atoms with Gasteiger partial charge in [0.2, 0.25) is 5.91 Å². The van der Waals surface area contributed by atoms with Crippen molar-refractivity contribution in [2.45, 2.75) is 6.10 Å². The second-order valence-electron chi connectivity index (χ2n) is 6.43. The lowest BCUT2D eigenvalue weighted by atomic mass is 10.1. The summed E-state index contributed by atoms with van der Waals surface area (Å²) >= 11 is 0. The first kappa shape index (κ1) is 17.7. The fourth-order valence-electron chi connectivity index (χ4n) is 3.37. The Bertz CT molecular complexity index is 968. The van der Waals surface area contributed by atoms with Crippen molar-refractivity contribution in [2.24, 2.45) is 0 Å². The molecular weight excluding hydrogens is 362 g/mol. The van der Waals surface area contributed by atoms with Gasteiger partial charge < -0.3 is 15.0 Å². The van der Waals surface area contributed by atoms with Gasteiger partial charge >= 0.3 is 0 Å². The summed E-state index contributed by atoms with van der Waals surface area (Å²) in [5.41, 5.74) is 1.06. The number of likely N-dealkylation sites (N-methyl/N-ethyl adjacent to an activating group) is 1. The zero-order valence-corrected chi connectivity index (χ0v) is 15.0. The van der Waals surface area contributed by atoms with Crippen LogP contribution >= 0.6 is 0 Å². The fraction of sp³-hybridized carbons (Fsp3) is 0.200. The monoisotopic (exact) mass is 379 g/mol. The molecule has 1 N–H and O–H groups in total. The number of hydrogen-bond donors (Lipinski definition) is 1. The molecule has 142 valence electrons. The van der Waals surface area contributed by atoms with E-state index in [1.54, 1.807) is 48.5 Å². The lowest BCUT2D eigenvalue weighted by Gasteiger charge is -2.34. The first-order chi connectivity index (χ1) is 13.5. The number of para-hydroxylation sites is 2. The van der Waals surface area contributed by atoms with Gasteiger partial charge in [-0.15, -0.1) is 0 Å². The number of amides is 4. The molecule has 1 atom stereocenters. The highest BCUT2D eigenvalue weighted by Crippen LogP contribution is 2.33. The van der Waals surface area contributed by atoms with Gasteiger partial charge in [-0.2, -0.15) is 0 Å². The molecule has 0 radical (unpaired) electrons. The minimum Gasteiger partial charge on any atom is -0.477 e. The molecule has 8 heteroatoms. The van der Waals surface area contributed by atoms with Crippen LogP contribution in [0.4, 0.5) is 5.69 Å². The smallest absolute Gasteiger partial charge is 0.262 e. The van der Waals surface area contributed by atoms with Crippen LogP contribution in [0.3, 0.4) is 0 Å². The molecule has 2 aliphatic rings. The highest BCUT2D eigenvalue weighted by molar-refractivity contribution is 6.22. The van der Waals surface area contributed by atoms with Gasteiger partial charge in [-0.1, -0.05) is 24.3 Å². The average Bonchev–Trinajstić information content (AvgIpc) is 2.97. The second kappa shape index (κ2) is 6.80. The molecule has 0 bridgehead atoms. The Kier molecular flexibility index (Phi) is 4.31. The molecule has 0 fully saturated rings. The minimum atomic E-state index is -0.883. The Hall–Kier alpha value is -3.68. The Labute approximate surface area is 160 Å². The molecule has 0 unspecified atom stereocenters. The summed E-state index contributed by atoms with van der Waals surface area (Å²) in [6.07, 6.45) is -0.883. The first-order valence-corrected chi connectivity index (χ1v) is 8.74. The standard InChI is InChI=1S/C20H17N3O5/c1-21-18(25)16-10-22(14-8-4-5-9-15(14)28-16)17(24)11-23-19(26)12-6-2-3-7-13(12)20(23)27/h2-9,16H,10-11H2,1H3,(H,21,25)/t16-/m1/s1. The molecule has 2 heterocycles. The van der Waals surface area contributed by atoms with E-state index in [0.29, 0.717) is 11.4 Å². The summed E-state index contributed by atoms with van der Waals surface area (Å²) < 4.78 is 5.67. The SMILES string of the molecule is CNC(=O)[C@H]1CN(C(=O)CN2C(=O)c3ccccc3C2=O)c2ccccc2O1. The molecule has 28 heavy (non-hydrogen) atoms. The summed E-state index contributed by atoms with van der Waals surface area (Å²) in [6, 6.07) is 13.3. The highest BCUT2D eigenvalue weighted by atomic mass is 16.5. The molecule has 0 aromatic heterocycles. The third kappa shape index (κ3) is 2.79. The van der Waals surface area contributed by atoms with Gasteiger partial charge in [-0.05, 0) is 24.3 Å². The van der Waals surface area contributed by atoms with Gasteiger partial charge in [0.05, 0.1) is 23.4 Å². The normalized spacial score (nSPS) is 17.7. The summed E-state index contributed by atoms with van der Waals surface area (Å²) in [5.74, 6) is -1.46. The van der Waals surface area contributed by atoms with Gasteiger partial charge in [0, 0.05) is 7.05 Å². The first-order valence-electron chi connectivity index (χ1n) is 8.74. The Morgan fingerprint density at radius 2 is 1.64 bits per heavy atom. The predicted octanol–water partition coefficient (Wildman–Crippen LogP) is 0.823. The van der Waals surface area contributed by atoms with Crippen LogP contribution in [0.5, 0.6) is 5.75 Å². The molecule has 2 aromatic carbocycles. The molecule has 0 spiro atoms. The van der Waals surface area contributed by atoms with Crippen LogP contribution in [-0.4, -0.2) is 54.8 Å². The van der Waals surface area contributed by atoms with Crippen LogP contribution in [0.2, 0.25) is 0 Å². The van der Waals surface area contributed by atoms with E-state index in [1.807, 2.05) is 0 Å². The van der Waals surface area contributed by atoms with Crippen molar-refractivity contribution in [1.82, 2.24) is 10.2 Å². The highest BCUT2D eigenvalue weighted by Gasteiger charge is 2.39. The summed E-state index contributed by atoms with van der Waals surface area (Å²) in [6.45, 7) is -0.431. The molecule has 2 aromatic rings. The van der Waals surface area contributed by atoms with Crippen LogP contribution in [0.1, 0.15) is 20.7 Å². The van der Waals surface area contributed by atoms with Gasteiger partial charge in [-0.3, -0.25) is 24.1 Å². The van der Waals surface area contributed by atoms with Gasteiger partial charge in [0.25, 0.3) is 17.7 Å². The third-order valence-electron chi connectivity index (χ3n) is 4.79. The number of imide groups is 1. The number of rotatable bonds is 3. The topological polar surface area (TPSA) is 96.0 Å². The predicted molar refractivity (Wildman–Crippen MR) is 99.1 cm³/mol. The van der Waals surface area contributed by atoms with E-state index in [-0.39, 0.29) is 23.6 Å². The third-order valence-corrected chi connectivity index (χ3v) is 4.79. The number of carbonyl (C=O) groups excluding carboxylic acids is 4. The number of hydrogen-bond acceptors (Lipinski definition) is 5. The van der Waals surface area contributed by atoms with Crippen molar-refractivity contribution in [3.05, 3.63) is 59.7 Å². The average molecular weight is 379 g/mol. The van der Waals surface area contributed by atoms with Crippen LogP contribution < -0.4 is 15.0 Å². The number of benzene rings is 2. The van der Waals surface area contributed by atoms with E-state index >= 15 is 0 Å². The lowest BCUT2D eigenvalue weighted by Crippen LogP contribution is -2.52. The van der Waals surface area contributed by atoms with Crippen molar-refractivity contribution in [1.29, 1.82) is 0 Å². The largest absolute Gasteiger partial charge is 0.477 e. The molecule has 0 saturated carbocycles. The van der Waals surface area contributed by atoms with Crippen LogP contribution in [0.15, 0.2) is 48.5 Å². The Morgan fingerprint density at radius 1 is 1.04 bits per heavy atom. The lowest BCUT2D eigenvalue weighted by molar-refractivity contribution is -0.128. The number of carbonyl (C=O) groups is 4. The van der Waals surface area contributed by atoms with Gasteiger partial charge in [0.1, 0.15) is 12.3 Å². The van der Waals surface area contributed by atoms with Crippen molar-refractivity contribution in [3.63, 3.8) is 0 Å². The molecule has 0 saturated heterocycles. The zero-order valence-electron chi connectivity index (χ0n) is 15.0. The second-order valence-corrected chi connectivity index (χ2v) is 6.43. The Balaban J connectivity index is 1.60. The quantitative estimate of drug-likeness (QED) is 0.797. The maximum Gasteiger partial charge on any atom is 0.262 e. The summed E-state index contributed by atoms with van der Waals surface area (Å²) in [4.78, 5) is 52.4. The van der Waals surface area contributed by atoms with Crippen LogP contribution in [0, 0.1) is 0 Å². The van der Waals surface area contributed by atoms with E-state index in [2.05, 4.69) is 5.32 Å². The fourth-order valence-corrected chi connectivity index (χ4v) is 3.37. The number of anilines is 1. The summed E-state index contributed by atoms with van der Waals surface area (Å²) in [5, 5.41) is 2.50. The molecular formula is C20H17N3O5. The van der Waals surface area contributed by atoms with E-state index in [0.717, 1.165) is 4.90 Å². The maximum atomic E-state index is 13.0. The van der Waals surface area contributed by atoms with Crippen LogP contribution in [-0.2, 0) is 9.59 Å². The number of nitrogens with zero attached hydrogens (tertiary/aromatic N) is 2. The minimum absolute atomic E-state index is 0.0152. The summed E-state index contributed by atoms with van der Waals surface area (Å²) in [7, 11) is 1.48. The van der Waals surface area contributed by atoms with Gasteiger partial charge in [-0.25, -0.2) is 0 Å². The van der Waals surface area contributed by atoms with E-state index in [1.165, 1.54) is 11.9 Å². The number of fused-ring (bicyclic) bond motifs is 2. The maximum absolute atomic E-state index is 13.0. The van der Waals surface area contributed by atoms with E-state index < -0.39 is 30.4 Å². The van der Waals surface area contributed by atoms with Crippen molar-refractivity contribution < 1.29 is 23.9 Å². The van der Waals surface area contributed by atoms with Crippen molar-refractivity contribution >= 4 is 29.3 Å². The molecule has 0 aliphatic carbocycles. The molecule has 4 rings (SSSR count). The number of ether oxygens (including phenoxy) is 1.